The number of halogens is 1. The zero-order valence-corrected chi connectivity index (χ0v) is 12.8. The lowest BCUT2D eigenvalue weighted by Gasteiger charge is -2.38. The van der Waals surface area contributed by atoms with Crippen LogP contribution in [0.15, 0.2) is 18.2 Å². The summed E-state index contributed by atoms with van der Waals surface area (Å²) in [6.07, 6.45) is 0. The van der Waals surface area contributed by atoms with Gasteiger partial charge < -0.3 is 20.3 Å². The molecule has 0 aromatic heterocycles. The number of carbonyl (C=O) groups excluding carboxylic acids is 1. The number of carbonyl (C=O) groups is 1. The Morgan fingerprint density at radius 3 is 2.70 bits per heavy atom. The van der Waals surface area contributed by atoms with E-state index < -0.39 is 0 Å². The molecule has 2 rings (SSSR count). The van der Waals surface area contributed by atoms with Crippen LogP contribution in [0.5, 0.6) is 0 Å². The standard InChI is InChI=1S/C14H20ClN3O2/c1-14(8-16-9-14)20-7-13(19)17-10-4-5-12(18(2)3)11(15)6-10/h4-6,16H,7-9H2,1-3H3,(H,17,19). The first-order valence-corrected chi connectivity index (χ1v) is 6.89. The van der Waals surface area contributed by atoms with Crippen LogP contribution < -0.4 is 15.5 Å². The van der Waals surface area contributed by atoms with E-state index in [4.69, 9.17) is 16.3 Å². The molecule has 1 aliphatic heterocycles. The summed E-state index contributed by atoms with van der Waals surface area (Å²) in [6, 6.07) is 5.43. The summed E-state index contributed by atoms with van der Waals surface area (Å²) in [5.74, 6) is -0.174. The summed E-state index contributed by atoms with van der Waals surface area (Å²) in [5, 5.41) is 6.50. The van der Waals surface area contributed by atoms with E-state index in [9.17, 15) is 4.79 Å². The Labute approximate surface area is 124 Å². The molecule has 0 bridgehead atoms. The van der Waals surface area contributed by atoms with E-state index >= 15 is 0 Å². The van der Waals surface area contributed by atoms with Crippen molar-refractivity contribution < 1.29 is 9.53 Å². The molecule has 1 aromatic carbocycles. The quantitative estimate of drug-likeness (QED) is 0.869. The van der Waals surface area contributed by atoms with Crippen LogP contribution in [0, 0.1) is 0 Å². The van der Waals surface area contributed by atoms with Crippen LogP contribution in [0.3, 0.4) is 0 Å². The van der Waals surface area contributed by atoms with Gasteiger partial charge in [0.1, 0.15) is 6.61 Å². The Bertz CT molecular complexity index is 501. The molecule has 1 aliphatic rings. The zero-order valence-electron chi connectivity index (χ0n) is 12.0. The number of amides is 1. The average Bonchev–Trinajstić information content (AvgIpc) is 2.33. The lowest BCUT2D eigenvalue weighted by Crippen LogP contribution is -2.59. The number of nitrogens with one attached hydrogen (secondary N) is 2. The van der Waals surface area contributed by atoms with Crippen molar-refractivity contribution in [2.45, 2.75) is 12.5 Å². The molecule has 110 valence electrons. The van der Waals surface area contributed by atoms with Crippen molar-refractivity contribution >= 4 is 28.9 Å². The lowest BCUT2D eigenvalue weighted by molar-refractivity contribution is -0.130. The Balaban J connectivity index is 1.89. The van der Waals surface area contributed by atoms with E-state index in [-0.39, 0.29) is 18.1 Å². The van der Waals surface area contributed by atoms with Crippen molar-refractivity contribution in [2.75, 3.05) is 44.0 Å². The normalized spacial score (nSPS) is 16.4. The number of benzene rings is 1. The highest BCUT2D eigenvalue weighted by atomic mass is 35.5. The molecule has 5 nitrogen and oxygen atoms in total. The molecule has 0 unspecified atom stereocenters. The van der Waals surface area contributed by atoms with Crippen molar-refractivity contribution in [3.8, 4) is 0 Å². The van der Waals surface area contributed by atoms with E-state index in [2.05, 4.69) is 10.6 Å². The fourth-order valence-corrected chi connectivity index (χ4v) is 2.31. The highest BCUT2D eigenvalue weighted by Crippen LogP contribution is 2.27. The predicted molar refractivity (Wildman–Crippen MR) is 81.6 cm³/mol. The van der Waals surface area contributed by atoms with Crippen LogP contribution in [0.1, 0.15) is 6.92 Å². The second kappa shape index (κ2) is 5.99. The number of hydrogen-bond donors (Lipinski definition) is 2. The Kier molecular flexibility index (Phi) is 4.52. The molecular formula is C14H20ClN3O2. The molecule has 0 aliphatic carbocycles. The first-order chi connectivity index (χ1) is 9.39. The Hall–Kier alpha value is -1.30. The summed E-state index contributed by atoms with van der Waals surface area (Å²) in [5.41, 5.74) is 1.36. The monoisotopic (exact) mass is 297 g/mol. The molecule has 1 heterocycles. The highest BCUT2D eigenvalue weighted by Gasteiger charge is 2.32. The first-order valence-electron chi connectivity index (χ1n) is 6.51. The van der Waals surface area contributed by atoms with Gasteiger partial charge in [0.25, 0.3) is 0 Å². The number of nitrogens with zero attached hydrogens (tertiary/aromatic N) is 1. The second-order valence-corrected chi connectivity index (χ2v) is 5.86. The number of hydrogen-bond acceptors (Lipinski definition) is 4. The Morgan fingerprint density at radius 2 is 2.20 bits per heavy atom. The van der Waals surface area contributed by atoms with Gasteiger partial charge in [0.05, 0.1) is 16.3 Å². The van der Waals surface area contributed by atoms with Crippen LogP contribution in [-0.4, -0.2) is 45.3 Å². The molecule has 1 saturated heterocycles. The minimum atomic E-state index is -0.218. The third-order valence-corrected chi connectivity index (χ3v) is 3.57. The van der Waals surface area contributed by atoms with Crippen LogP contribution in [0.2, 0.25) is 5.02 Å². The van der Waals surface area contributed by atoms with Gasteiger partial charge in [-0.3, -0.25) is 4.79 Å². The third-order valence-electron chi connectivity index (χ3n) is 3.26. The van der Waals surface area contributed by atoms with Crippen LogP contribution in [0.4, 0.5) is 11.4 Å². The number of anilines is 2. The molecule has 0 saturated carbocycles. The maximum absolute atomic E-state index is 11.8. The Morgan fingerprint density at radius 1 is 1.50 bits per heavy atom. The third kappa shape index (κ3) is 3.62. The van der Waals surface area contributed by atoms with Gasteiger partial charge in [0.2, 0.25) is 5.91 Å². The number of rotatable bonds is 5. The van der Waals surface area contributed by atoms with E-state index in [1.807, 2.05) is 38.1 Å². The molecule has 1 aromatic rings. The fraction of sp³-hybridized carbons (Fsp3) is 0.500. The molecule has 1 amide bonds. The van der Waals surface area contributed by atoms with Crippen molar-refractivity contribution in [3.05, 3.63) is 23.2 Å². The van der Waals surface area contributed by atoms with Crippen molar-refractivity contribution in [3.63, 3.8) is 0 Å². The van der Waals surface area contributed by atoms with E-state index in [1.165, 1.54) is 0 Å². The van der Waals surface area contributed by atoms with Gasteiger partial charge >= 0.3 is 0 Å². The van der Waals surface area contributed by atoms with Crippen molar-refractivity contribution in [2.24, 2.45) is 0 Å². The summed E-state index contributed by atoms with van der Waals surface area (Å²) in [4.78, 5) is 13.7. The molecular weight excluding hydrogens is 278 g/mol. The average molecular weight is 298 g/mol. The van der Waals surface area contributed by atoms with Crippen molar-refractivity contribution in [1.82, 2.24) is 5.32 Å². The minimum Gasteiger partial charge on any atom is -0.376 e. The summed E-state index contributed by atoms with van der Waals surface area (Å²) >= 11 is 6.16. The lowest BCUT2D eigenvalue weighted by atomic mass is 10.0. The SMILES string of the molecule is CN(C)c1ccc(NC(=O)COC2(C)CNC2)cc1Cl. The van der Waals surface area contributed by atoms with E-state index in [1.54, 1.807) is 6.07 Å². The van der Waals surface area contributed by atoms with Gasteiger partial charge in [0.15, 0.2) is 0 Å². The predicted octanol–water partition coefficient (Wildman–Crippen LogP) is 1.72. The smallest absolute Gasteiger partial charge is 0.250 e. The van der Waals surface area contributed by atoms with E-state index in [0.29, 0.717) is 10.7 Å². The summed E-state index contributed by atoms with van der Waals surface area (Å²) in [6.45, 7) is 3.60. The molecule has 20 heavy (non-hydrogen) atoms. The first kappa shape index (κ1) is 15.1. The fourth-order valence-electron chi connectivity index (χ4n) is 1.96. The molecule has 0 spiro atoms. The topological polar surface area (TPSA) is 53.6 Å². The van der Waals surface area contributed by atoms with Gasteiger partial charge in [-0.05, 0) is 25.1 Å². The van der Waals surface area contributed by atoms with E-state index in [0.717, 1.165) is 18.8 Å². The van der Waals surface area contributed by atoms with Gasteiger partial charge in [-0.1, -0.05) is 11.6 Å². The second-order valence-electron chi connectivity index (χ2n) is 5.45. The number of ether oxygens (including phenoxy) is 1. The largest absolute Gasteiger partial charge is 0.376 e. The molecule has 6 heteroatoms. The van der Waals surface area contributed by atoms with Gasteiger partial charge in [-0.2, -0.15) is 0 Å². The molecule has 0 atom stereocenters. The maximum Gasteiger partial charge on any atom is 0.250 e. The van der Waals surface area contributed by atoms with Crippen LogP contribution in [0.25, 0.3) is 0 Å². The summed E-state index contributed by atoms with van der Waals surface area (Å²) in [7, 11) is 3.83. The molecule has 0 radical (unpaired) electrons. The zero-order chi connectivity index (χ0) is 14.8. The van der Waals surface area contributed by atoms with Crippen LogP contribution in [-0.2, 0) is 9.53 Å². The highest BCUT2D eigenvalue weighted by molar-refractivity contribution is 6.33. The maximum atomic E-state index is 11.8. The molecule has 2 N–H and O–H groups in total. The van der Waals surface area contributed by atoms with Crippen LogP contribution >= 0.6 is 11.6 Å². The van der Waals surface area contributed by atoms with Gasteiger partial charge in [-0.25, -0.2) is 0 Å². The minimum absolute atomic E-state index is 0.0469. The van der Waals surface area contributed by atoms with Crippen molar-refractivity contribution in [1.29, 1.82) is 0 Å². The summed E-state index contributed by atoms with van der Waals surface area (Å²) < 4.78 is 5.58. The van der Waals surface area contributed by atoms with Gasteiger partial charge in [-0.15, -0.1) is 0 Å². The van der Waals surface area contributed by atoms with Gasteiger partial charge in [0, 0.05) is 32.9 Å². The molecule has 1 fully saturated rings.